The Balaban J connectivity index is 0.963. The zero-order chi connectivity index (χ0) is 48.5. The maximum atomic E-state index is 14.4. The van der Waals surface area contributed by atoms with E-state index in [9.17, 15) is 41.0 Å². The SMILES string of the molecule is Cc1c(-c2ccccc2C(F)(F)F)nn2c(C(=O)Nc3cccc(N4CCOCC4)n3)cnc2c1OC(CO)COc1ccnc(NC(=O)c2cnc3ccc(-c4ccccc4C(F)(F)F)nn23)n1. The number of ether oxygens (including phenoxy) is 3. The second kappa shape index (κ2) is 18.8. The molecule has 6 aromatic heterocycles. The van der Waals surface area contributed by atoms with E-state index in [4.69, 9.17) is 14.2 Å². The monoisotopic (exact) mass is 954 g/mol. The number of fused-ring (bicyclic) bond motifs is 2. The average Bonchev–Trinajstić information content (AvgIpc) is 3.98. The number of anilines is 3. The molecule has 8 aromatic rings. The van der Waals surface area contributed by atoms with Crippen LogP contribution in [0, 0.1) is 6.92 Å². The van der Waals surface area contributed by atoms with Crippen LogP contribution in [0.4, 0.5) is 43.9 Å². The summed E-state index contributed by atoms with van der Waals surface area (Å²) in [5, 5.41) is 24.5. The number of nitrogens with one attached hydrogen (secondary N) is 2. The molecule has 0 spiro atoms. The van der Waals surface area contributed by atoms with Gasteiger partial charge in [-0.3, -0.25) is 14.9 Å². The van der Waals surface area contributed by atoms with E-state index in [1.807, 2.05) is 4.90 Å². The number of hydrogen-bond donors (Lipinski definition) is 3. The van der Waals surface area contributed by atoms with Gasteiger partial charge in [0.2, 0.25) is 11.8 Å². The van der Waals surface area contributed by atoms with E-state index in [2.05, 4.69) is 45.8 Å². The third-order valence-corrected chi connectivity index (χ3v) is 10.7. The van der Waals surface area contributed by atoms with E-state index >= 15 is 0 Å². The van der Waals surface area contributed by atoms with Crippen molar-refractivity contribution in [1.82, 2.24) is 44.1 Å². The van der Waals surface area contributed by atoms with Crippen LogP contribution in [0.3, 0.4) is 0 Å². The topological polar surface area (TPSA) is 208 Å². The van der Waals surface area contributed by atoms with Crippen LogP contribution in [0.15, 0.2) is 104 Å². The van der Waals surface area contributed by atoms with Gasteiger partial charge in [0.15, 0.2) is 34.5 Å². The molecule has 0 radical (unpaired) electrons. The van der Waals surface area contributed by atoms with Crippen molar-refractivity contribution in [2.75, 3.05) is 55.1 Å². The van der Waals surface area contributed by atoms with Crippen LogP contribution in [0.1, 0.15) is 37.7 Å². The first-order chi connectivity index (χ1) is 33.2. The van der Waals surface area contributed by atoms with Crippen molar-refractivity contribution in [3.05, 3.63) is 132 Å². The highest BCUT2D eigenvalue weighted by Crippen LogP contribution is 2.41. The van der Waals surface area contributed by atoms with Gasteiger partial charge in [-0.15, -0.1) is 0 Å². The summed E-state index contributed by atoms with van der Waals surface area (Å²) >= 11 is 0. The molecule has 1 atom stereocenters. The molecule has 9 rings (SSSR count). The fraction of sp³-hybridized carbons (Fsp3) is 0.222. The molecule has 1 aliphatic rings. The summed E-state index contributed by atoms with van der Waals surface area (Å²) < 4.78 is 104. The number of amides is 2. The Morgan fingerprint density at radius 3 is 2.19 bits per heavy atom. The molecule has 0 aliphatic carbocycles. The van der Waals surface area contributed by atoms with Crippen molar-refractivity contribution >= 4 is 40.7 Å². The summed E-state index contributed by atoms with van der Waals surface area (Å²) in [7, 11) is 0. The molecule has 1 saturated heterocycles. The number of alkyl halides is 6. The molecule has 0 bridgehead atoms. The standard InChI is InChI=1S/C45H36F6N12O6/c1-25-38(28-8-3-5-10-30(28)45(49,50)51)60-63-33(41(65)56-34-11-6-12-36(55-34)61-17-19-67-20-18-61)22-54-40(63)39(25)69-26(23-64)24-68-37-15-16-52-43(57-37)58-42(66)32-21-53-35-14-13-31(59-62(32)35)27-7-2-4-9-29(27)44(46,47)48/h2-16,21-22,26,64H,17-20,23-24H2,1H3,(H,55,56,65)(H,52,57,58,66). The number of aromatic nitrogens is 9. The highest BCUT2D eigenvalue weighted by atomic mass is 19.4. The van der Waals surface area contributed by atoms with Gasteiger partial charge in [0, 0.05) is 42.0 Å². The average molecular weight is 955 g/mol. The number of aliphatic hydroxyl groups is 1. The Bertz CT molecular complexity index is 3210. The summed E-state index contributed by atoms with van der Waals surface area (Å²) in [5.41, 5.74) is -2.92. The molecule has 1 aliphatic heterocycles. The minimum Gasteiger partial charge on any atom is -0.480 e. The minimum atomic E-state index is -4.80. The van der Waals surface area contributed by atoms with Crippen LogP contribution in [0.25, 0.3) is 33.8 Å². The predicted octanol–water partition coefficient (Wildman–Crippen LogP) is 6.80. The summed E-state index contributed by atoms with van der Waals surface area (Å²) in [6, 6.07) is 18.8. The molecule has 1 unspecified atom stereocenters. The first-order valence-electron chi connectivity index (χ1n) is 20.9. The number of aliphatic hydroxyl groups excluding tert-OH is 1. The van der Waals surface area contributed by atoms with Crippen LogP contribution in [0.5, 0.6) is 11.6 Å². The Labute approximate surface area is 385 Å². The van der Waals surface area contributed by atoms with E-state index in [1.165, 1.54) is 80.1 Å². The Hall–Kier alpha value is -8.25. The highest BCUT2D eigenvalue weighted by molar-refractivity contribution is 6.03. The van der Waals surface area contributed by atoms with E-state index in [-0.39, 0.29) is 74.2 Å². The lowest BCUT2D eigenvalue weighted by atomic mass is 10.0. The number of imidazole rings is 2. The third kappa shape index (κ3) is 9.64. The van der Waals surface area contributed by atoms with Crippen LogP contribution in [-0.4, -0.2) is 107 Å². The molecule has 7 heterocycles. The number of carbonyl (C=O) groups is 2. The van der Waals surface area contributed by atoms with Gasteiger partial charge in [0.05, 0.1) is 54.7 Å². The number of pyridine rings is 1. The van der Waals surface area contributed by atoms with Gasteiger partial charge in [-0.25, -0.2) is 29.0 Å². The Kier molecular flexibility index (Phi) is 12.5. The number of benzene rings is 2. The molecular formula is C45H36F6N12O6. The zero-order valence-corrected chi connectivity index (χ0v) is 35.9. The van der Waals surface area contributed by atoms with E-state index in [0.29, 0.717) is 32.1 Å². The number of carbonyl (C=O) groups excluding carboxylic acids is 2. The number of morpholine rings is 1. The van der Waals surface area contributed by atoms with Crippen LogP contribution >= 0.6 is 0 Å². The van der Waals surface area contributed by atoms with Crippen LogP contribution < -0.4 is 25.0 Å². The molecule has 2 aromatic carbocycles. The molecule has 69 heavy (non-hydrogen) atoms. The first kappa shape index (κ1) is 45.9. The minimum absolute atomic E-state index is 0.0718. The fourth-order valence-electron chi connectivity index (χ4n) is 7.43. The predicted molar refractivity (Wildman–Crippen MR) is 234 cm³/mol. The lowest BCUT2D eigenvalue weighted by Gasteiger charge is -2.27. The van der Waals surface area contributed by atoms with E-state index in [0.717, 1.165) is 21.2 Å². The van der Waals surface area contributed by atoms with E-state index < -0.39 is 54.6 Å². The van der Waals surface area contributed by atoms with Crippen molar-refractivity contribution in [3.63, 3.8) is 0 Å². The number of nitrogens with zero attached hydrogens (tertiary/aromatic N) is 10. The molecule has 354 valence electrons. The largest absolute Gasteiger partial charge is 0.480 e. The maximum absolute atomic E-state index is 14.4. The fourth-order valence-corrected chi connectivity index (χ4v) is 7.43. The Morgan fingerprint density at radius 1 is 0.768 bits per heavy atom. The zero-order valence-electron chi connectivity index (χ0n) is 35.9. The van der Waals surface area contributed by atoms with Gasteiger partial charge in [0.1, 0.15) is 18.2 Å². The summed E-state index contributed by atoms with van der Waals surface area (Å²) in [6.07, 6.45) is -7.12. The quantitative estimate of drug-likeness (QED) is 0.102. The van der Waals surface area contributed by atoms with E-state index in [1.54, 1.807) is 18.2 Å². The second-order valence-corrected chi connectivity index (χ2v) is 15.2. The van der Waals surface area contributed by atoms with Gasteiger partial charge in [-0.2, -0.15) is 41.5 Å². The molecule has 2 amide bonds. The lowest BCUT2D eigenvalue weighted by molar-refractivity contribution is -0.137. The van der Waals surface area contributed by atoms with Gasteiger partial charge >= 0.3 is 12.4 Å². The maximum Gasteiger partial charge on any atom is 0.417 e. The van der Waals surface area contributed by atoms with Crippen molar-refractivity contribution in [1.29, 1.82) is 0 Å². The van der Waals surface area contributed by atoms with Crippen molar-refractivity contribution in [2.45, 2.75) is 25.4 Å². The summed E-state index contributed by atoms with van der Waals surface area (Å²) in [4.78, 5) is 50.6. The lowest BCUT2D eigenvalue weighted by Crippen LogP contribution is -2.36. The molecule has 1 fully saturated rings. The molecule has 3 N–H and O–H groups in total. The number of halogens is 6. The van der Waals surface area contributed by atoms with Gasteiger partial charge in [-0.1, -0.05) is 42.5 Å². The van der Waals surface area contributed by atoms with Crippen molar-refractivity contribution in [3.8, 4) is 34.1 Å². The molecule has 24 heteroatoms. The third-order valence-electron chi connectivity index (χ3n) is 10.7. The molecular weight excluding hydrogens is 919 g/mol. The highest BCUT2D eigenvalue weighted by Gasteiger charge is 2.36. The Morgan fingerprint density at radius 2 is 1.45 bits per heavy atom. The molecule has 0 saturated carbocycles. The first-order valence-corrected chi connectivity index (χ1v) is 20.9. The summed E-state index contributed by atoms with van der Waals surface area (Å²) in [6.45, 7) is 2.52. The van der Waals surface area contributed by atoms with Gasteiger partial charge < -0.3 is 29.5 Å². The van der Waals surface area contributed by atoms with Crippen LogP contribution in [-0.2, 0) is 17.1 Å². The van der Waals surface area contributed by atoms with Crippen molar-refractivity contribution in [2.24, 2.45) is 0 Å². The number of rotatable bonds is 13. The van der Waals surface area contributed by atoms with Gasteiger partial charge in [0.25, 0.3) is 11.8 Å². The number of hydrogen-bond acceptors (Lipinski definition) is 14. The second-order valence-electron chi connectivity index (χ2n) is 15.2. The van der Waals surface area contributed by atoms with Crippen LogP contribution in [0.2, 0.25) is 0 Å². The van der Waals surface area contributed by atoms with Gasteiger partial charge in [-0.05, 0) is 43.3 Å². The summed E-state index contributed by atoms with van der Waals surface area (Å²) in [5.74, 6) is -1.30. The molecule has 18 nitrogen and oxygen atoms in total. The van der Waals surface area contributed by atoms with Crippen molar-refractivity contribution < 1.29 is 55.2 Å². The smallest absolute Gasteiger partial charge is 0.417 e. The normalized spacial score (nSPS) is 13.7.